The predicted octanol–water partition coefficient (Wildman–Crippen LogP) is 8.47. The molecule has 0 aromatic heterocycles. The number of anilines is 2. The second-order valence-corrected chi connectivity index (χ2v) is 13.7. The lowest BCUT2D eigenvalue weighted by Crippen LogP contribution is -2.46. The van der Waals surface area contributed by atoms with E-state index < -0.39 is 0 Å². The summed E-state index contributed by atoms with van der Waals surface area (Å²) >= 11 is 1.48. The second-order valence-electron chi connectivity index (χ2n) is 12.6. The Balaban J connectivity index is 1.09. The highest BCUT2D eigenvalue weighted by Gasteiger charge is 2.30. The minimum atomic E-state index is -0.0369. The first-order chi connectivity index (χ1) is 22.3. The van der Waals surface area contributed by atoms with Crippen molar-refractivity contribution in [1.29, 1.82) is 0 Å². The molecule has 0 radical (unpaired) electrons. The standard InChI is InChI=1S/C40H43N3O2S/c1-29-10-9-13-33(24-29)28-43-36-27-34(17-18-38(36)46-39(40(43)45)26-32-11-5-4-6-12-32)37(44)14-7-8-19-41-20-22-42(23-21-41)35-25-30(2)15-16-31(35)3/h4-6,9-13,15-18,24-27H,7-8,14,19-23,28H2,1-3H3/b39-26-. The highest BCUT2D eigenvalue weighted by Crippen LogP contribution is 2.43. The molecule has 236 valence electrons. The number of fused-ring (bicyclic) bond motifs is 1. The van der Waals surface area contributed by atoms with E-state index >= 15 is 0 Å². The largest absolute Gasteiger partial charge is 0.369 e. The van der Waals surface area contributed by atoms with Crippen LogP contribution in [0.5, 0.6) is 0 Å². The molecule has 1 fully saturated rings. The van der Waals surface area contributed by atoms with Gasteiger partial charge in [-0.25, -0.2) is 0 Å². The van der Waals surface area contributed by atoms with Gasteiger partial charge in [0.25, 0.3) is 5.91 Å². The smallest absolute Gasteiger partial charge is 0.265 e. The SMILES string of the molecule is Cc1cccc(CN2C(=O)/C(=C/c3ccccc3)Sc3ccc(C(=O)CCCCN4CCN(c5cc(C)ccc5C)CC4)cc32)c1. The molecular formula is C40H43N3O2S. The molecular weight excluding hydrogens is 587 g/mol. The van der Waals surface area contributed by atoms with Crippen LogP contribution >= 0.6 is 11.8 Å². The first kappa shape index (κ1) is 31.8. The Bertz CT molecular complexity index is 1740. The normalized spacial score (nSPS) is 16.2. The highest BCUT2D eigenvalue weighted by molar-refractivity contribution is 8.04. The number of carbonyl (C=O) groups excluding carboxylic acids is 2. The number of unbranched alkanes of at least 4 members (excludes halogenated alkanes) is 1. The van der Waals surface area contributed by atoms with Crippen molar-refractivity contribution < 1.29 is 9.59 Å². The molecule has 0 unspecified atom stereocenters. The van der Waals surface area contributed by atoms with Gasteiger partial charge >= 0.3 is 0 Å². The van der Waals surface area contributed by atoms with Crippen LogP contribution in [0.4, 0.5) is 11.4 Å². The van der Waals surface area contributed by atoms with Gasteiger partial charge in [0.15, 0.2) is 5.78 Å². The van der Waals surface area contributed by atoms with Gasteiger partial charge in [0.1, 0.15) is 0 Å². The van der Waals surface area contributed by atoms with E-state index in [-0.39, 0.29) is 11.7 Å². The van der Waals surface area contributed by atoms with E-state index in [1.165, 1.54) is 28.6 Å². The Morgan fingerprint density at radius 2 is 1.57 bits per heavy atom. The number of Topliss-reactive ketones (excluding diaryl/α,β-unsaturated/α-hetero) is 1. The third-order valence-electron chi connectivity index (χ3n) is 8.97. The summed E-state index contributed by atoms with van der Waals surface area (Å²) in [6.45, 7) is 12.1. The molecule has 0 N–H and O–H groups in total. The van der Waals surface area contributed by atoms with Crippen molar-refractivity contribution in [2.45, 2.75) is 51.5 Å². The Hall–Kier alpha value is -4.13. The summed E-state index contributed by atoms with van der Waals surface area (Å²) in [6, 6.07) is 30.8. The number of benzene rings is 4. The lowest BCUT2D eigenvalue weighted by atomic mass is 10.0. The van der Waals surface area contributed by atoms with E-state index in [4.69, 9.17) is 0 Å². The Morgan fingerprint density at radius 1 is 0.783 bits per heavy atom. The van der Waals surface area contributed by atoms with Crippen molar-refractivity contribution in [3.05, 3.63) is 129 Å². The maximum Gasteiger partial charge on any atom is 0.265 e. The van der Waals surface area contributed by atoms with Gasteiger partial charge in [-0.3, -0.25) is 14.5 Å². The van der Waals surface area contributed by atoms with Crippen molar-refractivity contribution in [2.75, 3.05) is 42.5 Å². The summed E-state index contributed by atoms with van der Waals surface area (Å²) in [5, 5.41) is 0. The van der Waals surface area contributed by atoms with Crippen LogP contribution in [-0.4, -0.2) is 49.3 Å². The molecule has 2 aliphatic rings. The van der Waals surface area contributed by atoms with Crippen LogP contribution in [0.15, 0.2) is 101 Å². The monoisotopic (exact) mass is 629 g/mol. The second kappa shape index (κ2) is 14.5. The van der Waals surface area contributed by atoms with Crippen LogP contribution in [-0.2, 0) is 11.3 Å². The average molecular weight is 630 g/mol. The Kier molecular flexibility index (Phi) is 10.1. The Morgan fingerprint density at radius 3 is 2.35 bits per heavy atom. The summed E-state index contributed by atoms with van der Waals surface area (Å²) in [5.74, 6) is 0.103. The molecule has 0 spiro atoms. The molecule has 2 heterocycles. The first-order valence-electron chi connectivity index (χ1n) is 16.4. The predicted molar refractivity (Wildman–Crippen MR) is 192 cm³/mol. The number of hydrogen-bond donors (Lipinski definition) is 0. The van der Waals surface area contributed by atoms with Gasteiger partial charge in [0.05, 0.1) is 17.1 Å². The lowest BCUT2D eigenvalue weighted by Gasteiger charge is -2.37. The van der Waals surface area contributed by atoms with Crippen LogP contribution in [0.3, 0.4) is 0 Å². The lowest BCUT2D eigenvalue weighted by molar-refractivity contribution is -0.114. The van der Waals surface area contributed by atoms with Gasteiger partial charge in [0, 0.05) is 48.7 Å². The summed E-state index contributed by atoms with van der Waals surface area (Å²) in [6.07, 6.45) is 4.33. The number of carbonyl (C=O) groups is 2. The summed E-state index contributed by atoms with van der Waals surface area (Å²) in [4.78, 5) is 35.8. The number of amides is 1. The highest BCUT2D eigenvalue weighted by atomic mass is 32.2. The molecule has 2 aliphatic heterocycles. The zero-order valence-electron chi connectivity index (χ0n) is 27.2. The number of hydrogen-bond acceptors (Lipinski definition) is 5. The number of thioether (sulfide) groups is 1. The van der Waals surface area contributed by atoms with Crippen LogP contribution in [0.25, 0.3) is 6.08 Å². The van der Waals surface area contributed by atoms with E-state index in [0.29, 0.717) is 23.4 Å². The van der Waals surface area contributed by atoms with Crippen LogP contribution in [0.2, 0.25) is 0 Å². The van der Waals surface area contributed by atoms with E-state index in [9.17, 15) is 9.59 Å². The molecule has 6 heteroatoms. The van der Waals surface area contributed by atoms with Crippen molar-refractivity contribution in [3.63, 3.8) is 0 Å². The third-order valence-corrected chi connectivity index (χ3v) is 10.1. The van der Waals surface area contributed by atoms with Gasteiger partial charge in [-0.2, -0.15) is 0 Å². The van der Waals surface area contributed by atoms with E-state index in [2.05, 4.69) is 67.0 Å². The molecule has 46 heavy (non-hydrogen) atoms. The fraction of sp³-hybridized carbons (Fsp3) is 0.300. The third kappa shape index (κ3) is 7.63. The van der Waals surface area contributed by atoms with Crippen LogP contribution < -0.4 is 9.80 Å². The fourth-order valence-corrected chi connectivity index (χ4v) is 7.41. The van der Waals surface area contributed by atoms with Crippen molar-refractivity contribution in [2.24, 2.45) is 0 Å². The van der Waals surface area contributed by atoms with Gasteiger partial charge in [0.2, 0.25) is 0 Å². The minimum absolute atomic E-state index is 0.0369. The maximum absolute atomic E-state index is 13.9. The maximum atomic E-state index is 13.9. The summed E-state index contributed by atoms with van der Waals surface area (Å²) in [5.41, 5.74) is 8.71. The zero-order chi connectivity index (χ0) is 32.0. The van der Waals surface area contributed by atoms with E-state index in [1.54, 1.807) is 0 Å². The summed E-state index contributed by atoms with van der Waals surface area (Å²) in [7, 11) is 0. The fourth-order valence-electron chi connectivity index (χ4n) is 6.37. The van der Waals surface area contributed by atoms with Crippen molar-refractivity contribution in [3.8, 4) is 0 Å². The molecule has 0 atom stereocenters. The van der Waals surface area contributed by atoms with Crippen LogP contribution in [0, 0.1) is 20.8 Å². The number of rotatable bonds is 10. The van der Waals surface area contributed by atoms with Crippen LogP contribution in [0.1, 0.15) is 57.4 Å². The molecule has 4 aromatic carbocycles. The molecule has 0 bridgehead atoms. The first-order valence-corrected chi connectivity index (χ1v) is 17.2. The molecule has 5 nitrogen and oxygen atoms in total. The number of nitrogens with zero attached hydrogens (tertiary/aromatic N) is 3. The van der Waals surface area contributed by atoms with Gasteiger partial charge < -0.3 is 9.80 Å². The quantitative estimate of drug-likeness (QED) is 0.100. The Labute approximate surface area is 277 Å². The average Bonchev–Trinajstić information content (AvgIpc) is 3.06. The molecule has 0 aliphatic carbocycles. The zero-order valence-corrected chi connectivity index (χ0v) is 28.0. The van der Waals surface area contributed by atoms with Crippen molar-refractivity contribution in [1.82, 2.24) is 4.90 Å². The molecule has 4 aromatic rings. The van der Waals surface area contributed by atoms with Gasteiger partial charge in [-0.05, 0) is 86.7 Å². The number of aryl methyl sites for hydroxylation is 3. The number of ketones is 1. The van der Waals surface area contributed by atoms with Gasteiger partial charge in [-0.15, -0.1) is 0 Å². The minimum Gasteiger partial charge on any atom is -0.369 e. The number of piperazine rings is 1. The molecule has 1 saturated heterocycles. The van der Waals surface area contributed by atoms with Crippen molar-refractivity contribution >= 4 is 40.9 Å². The molecule has 1 amide bonds. The summed E-state index contributed by atoms with van der Waals surface area (Å²) < 4.78 is 0. The van der Waals surface area contributed by atoms with E-state index in [1.807, 2.05) is 65.6 Å². The topological polar surface area (TPSA) is 43.9 Å². The van der Waals surface area contributed by atoms with E-state index in [0.717, 1.165) is 72.8 Å². The molecule has 6 rings (SSSR count). The van der Waals surface area contributed by atoms with Gasteiger partial charge in [-0.1, -0.05) is 90.1 Å². The molecule has 0 saturated carbocycles.